The molecule has 0 aliphatic carbocycles. The molecule has 0 bridgehead atoms. The minimum atomic E-state index is -4.67. The maximum Gasteiger partial charge on any atom is 0.402 e. The van der Waals surface area contributed by atoms with Gasteiger partial charge in [-0.05, 0) is 48.0 Å². The van der Waals surface area contributed by atoms with Crippen LogP contribution in [0.25, 0.3) is 6.08 Å². The van der Waals surface area contributed by atoms with E-state index in [9.17, 15) is 26.4 Å². The Morgan fingerprint density at radius 1 is 1.17 bits per heavy atom. The molecule has 0 atom stereocenters. The summed E-state index contributed by atoms with van der Waals surface area (Å²) in [7, 11) is -4.33. The number of fused-ring (bicyclic) bond motifs is 1. The van der Waals surface area contributed by atoms with Crippen molar-refractivity contribution in [1.82, 2.24) is 4.72 Å². The average Bonchev–Trinajstić information content (AvgIpc) is 3.14. The van der Waals surface area contributed by atoms with Crippen LogP contribution in [0.1, 0.15) is 5.56 Å². The monoisotopic (exact) mass is 462 g/mol. The Labute approximate surface area is 174 Å². The summed E-state index contributed by atoms with van der Waals surface area (Å²) in [6, 6.07) is 7.90. The molecule has 1 amide bonds. The molecule has 160 valence electrons. The largest absolute Gasteiger partial charge is 0.454 e. The van der Waals surface area contributed by atoms with Gasteiger partial charge in [0.05, 0.1) is 9.92 Å². The topological polar surface area (TPSA) is 93.7 Å². The lowest BCUT2D eigenvalue weighted by atomic mass is 10.2. The lowest BCUT2D eigenvalue weighted by molar-refractivity contribution is -0.121. The summed E-state index contributed by atoms with van der Waals surface area (Å²) < 4.78 is 72.1. The van der Waals surface area contributed by atoms with E-state index in [-0.39, 0.29) is 17.4 Å². The zero-order valence-electron chi connectivity index (χ0n) is 15.0. The van der Waals surface area contributed by atoms with Crippen LogP contribution in [0, 0.1) is 0 Å². The lowest BCUT2D eigenvalue weighted by Gasteiger charge is -2.10. The number of carbonyl (C=O) groups is 1. The van der Waals surface area contributed by atoms with Crippen LogP contribution in [0.15, 0.2) is 47.4 Å². The number of ether oxygens (including phenoxy) is 2. The number of alkyl halides is 3. The Morgan fingerprint density at radius 3 is 2.53 bits per heavy atom. The number of halogens is 4. The number of rotatable bonds is 6. The molecule has 2 aromatic rings. The fourth-order valence-electron chi connectivity index (χ4n) is 2.42. The zero-order valence-corrected chi connectivity index (χ0v) is 16.6. The van der Waals surface area contributed by atoms with Gasteiger partial charge in [0.2, 0.25) is 22.7 Å². The van der Waals surface area contributed by atoms with E-state index in [1.54, 1.807) is 12.1 Å². The van der Waals surface area contributed by atoms with Gasteiger partial charge in [0.15, 0.2) is 11.5 Å². The highest BCUT2D eigenvalue weighted by molar-refractivity contribution is 7.89. The first-order valence-electron chi connectivity index (χ1n) is 8.28. The molecule has 2 aromatic carbocycles. The number of hydrogen-bond donors (Lipinski definition) is 2. The van der Waals surface area contributed by atoms with Gasteiger partial charge < -0.3 is 14.8 Å². The Kier molecular flexibility index (Phi) is 6.25. The van der Waals surface area contributed by atoms with Crippen molar-refractivity contribution in [3.63, 3.8) is 0 Å². The molecule has 3 rings (SSSR count). The number of nitrogens with one attached hydrogen (secondary N) is 2. The number of amides is 1. The molecule has 0 spiro atoms. The predicted molar refractivity (Wildman–Crippen MR) is 103 cm³/mol. The van der Waals surface area contributed by atoms with E-state index < -0.39 is 28.7 Å². The minimum absolute atomic E-state index is 0.0557. The molecule has 30 heavy (non-hydrogen) atoms. The quantitative estimate of drug-likeness (QED) is 0.640. The molecule has 0 fully saturated rings. The van der Waals surface area contributed by atoms with E-state index in [1.165, 1.54) is 29.0 Å². The van der Waals surface area contributed by atoms with E-state index in [1.807, 2.05) is 0 Å². The fraction of sp³-hybridized carbons (Fsp3) is 0.167. The summed E-state index contributed by atoms with van der Waals surface area (Å²) >= 11 is 6.06. The van der Waals surface area contributed by atoms with Crippen LogP contribution in [-0.4, -0.2) is 33.8 Å². The molecule has 1 aliphatic rings. The lowest BCUT2D eigenvalue weighted by Crippen LogP contribution is -2.33. The van der Waals surface area contributed by atoms with E-state index in [0.717, 1.165) is 12.1 Å². The standard InChI is InChI=1S/C18H14ClF3N2O5S/c19-14-7-11(8-15-17(14)29-10-28-15)1-6-16(25)24-12-2-4-13(5-3-12)30(26,27)23-9-18(20,21)22/h1-8,23H,9-10H2,(H,24,25)/b6-1+. The molecule has 0 aromatic heterocycles. The summed E-state index contributed by atoms with van der Waals surface area (Å²) in [6.07, 6.45) is -1.96. The molecule has 0 saturated carbocycles. The molecular weight excluding hydrogens is 449 g/mol. The summed E-state index contributed by atoms with van der Waals surface area (Å²) in [5, 5.41) is 2.84. The van der Waals surface area contributed by atoms with Crippen molar-refractivity contribution >= 4 is 39.3 Å². The van der Waals surface area contributed by atoms with Crippen LogP contribution in [-0.2, 0) is 14.8 Å². The molecule has 0 saturated heterocycles. The van der Waals surface area contributed by atoms with E-state index >= 15 is 0 Å². The van der Waals surface area contributed by atoms with Gasteiger partial charge in [-0.3, -0.25) is 4.79 Å². The average molecular weight is 463 g/mol. The molecule has 2 N–H and O–H groups in total. The summed E-state index contributed by atoms with van der Waals surface area (Å²) in [5.74, 6) is 0.367. The first kappa shape index (κ1) is 21.9. The van der Waals surface area contributed by atoms with Crippen molar-refractivity contribution in [2.45, 2.75) is 11.1 Å². The highest BCUT2D eigenvalue weighted by Gasteiger charge is 2.30. The molecule has 0 radical (unpaired) electrons. The molecule has 12 heteroatoms. The summed E-state index contributed by atoms with van der Waals surface area (Å²) in [6.45, 7) is -1.62. The maximum atomic E-state index is 12.2. The molecule has 7 nitrogen and oxygen atoms in total. The summed E-state index contributed by atoms with van der Waals surface area (Å²) in [5.41, 5.74) is 0.847. The van der Waals surface area contributed by atoms with Crippen molar-refractivity contribution in [3.05, 3.63) is 53.1 Å². The number of anilines is 1. The number of carbonyl (C=O) groups excluding carboxylic acids is 1. The third-order valence-corrected chi connectivity index (χ3v) is 5.47. The van der Waals surface area contributed by atoms with Crippen molar-refractivity contribution in [2.24, 2.45) is 0 Å². The smallest absolute Gasteiger partial charge is 0.402 e. The van der Waals surface area contributed by atoms with Gasteiger partial charge in [-0.25, -0.2) is 13.1 Å². The summed E-state index contributed by atoms with van der Waals surface area (Å²) in [4.78, 5) is 11.7. The Bertz CT molecular complexity index is 1090. The Hall–Kier alpha value is -2.76. The molecule has 1 aliphatic heterocycles. The second kappa shape index (κ2) is 8.54. The van der Waals surface area contributed by atoms with Crippen LogP contribution in [0.3, 0.4) is 0 Å². The number of benzene rings is 2. The number of hydrogen-bond acceptors (Lipinski definition) is 5. The first-order chi connectivity index (χ1) is 14.0. The van der Waals surface area contributed by atoms with Gasteiger partial charge in [-0.2, -0.15) is 13.2 Å². The van der Waals surface area contributed by atoms with Crippen molar-refractivity contribution < 1.29 is 35.9 Å². The number of sulfonamides is 1. The predicted octanol–water partition coefficient (Wildman–Crippen LogP) is 3.56. The SMILES string of the molecule is O=C(/C=C/c1cc(Cl)c2c(c1)OCO2)Nc1ccc(S(=O)(=O)NCC(F)(F)F)cc1. The van der Waals surface area contributed by atoms with Gasteiger partial charge >= 0.3 is 6.18 Å². The van der Waals surface area contributed by atoms with Gasteiger partial charge in [0.1, 0.15) is 6.54 Å². The van der Waals surface area contributed by atoms with E-state index in [0.29, 0.717) is 22.1 Å². The first-order valence-corrected chi connectivity index (χ1v) is 10.1. The normalized spacial score (nSPS) is 13.6. The van der Waals surface area contributed by atoms with Crippen LogP contribution in [0.5, 0.6) is 11.5 Å². The third-order valence-electron chi connectivity index (χ3n) is 3.77. The molecule has 0 unspecified atom stereocenters. The van der Waals surface area contributed by atoms with Gasteiger partial charge in [-0.15, -0.1) is 0 Å². The maximum absolute atomic E-state index is 12.2. The highest BCUT2D eigenvalue weighted by atomic mass is 35.5. The van der Waals surface area contributed by atoms with Crippen molar-refractivity contribution in [1.29, 1.82) is 0 Å². The van der Waals surface area contributed by atoms with Gasteiger partial charge in [-0.1, -0.05) is 11.6 Å². The van der Waals surface area contributed by atoms with Crippen molar-refractivity contribution in [2.75, 3.05) is 18.7 Å². The van der Waals surface area contributed by atoms with E-state index in [2.05, 4.69) is 5.32 Å². The van der Waals surface area contributed by atoms with Gasteiger partial charge in [0, 0.05) is 11.8 Å². The third kappa shape index (κ3) is 5.65. The van der Waals surface area contributed by atoms with E-state index in [4.69, 9.17) is 21.1 Å². The van der Waals surface area contributed by atoms with Crippen LogP contribution in [0.4, 0.5) is 18.9 Å². The van der Waals surface area contributed by atoms with Gasteiger partial charge in [0.25, 0.3) is 0 Å². The Morgan fingerprint density at radius 2 is 1.87 bits per heavy atom. The van der Waals surface area contributed by atoms with Crippen LogP contribution in [0.2, 0.25) is 5.02 Å². The van der Waals surface area contributed by atoms with Crippen LogP contribution >= 0.6 is 11.6 Å². The van der Waals surface area contributed by atoms with Crippen LogP contribution < -0.4 is 19.5 Å². The second-order valence-corrected chi connectivity index (χ2v) is 8.20. The fourth-order valence-corrected chi connectivity index (χ4v) is 3.71. The molecule has 1 heterocycles. The minimum Gasteiger partial charge on any atom is -0.454 e. The zero-order chi connectivity index (χ0) is 21.9. The second-order valence-electron chi connectivity index (χ2n) is 6.02. The van der Waals surface area contributed by atoms with Crippen molar-refractivity contribution in [3.8, 4) is 11.5 Å². The Balaban J connectivity index is 1.62. The highest BCUT2D eigenvalue weighted by Crippen LogP contribution is 2.40. The molecular formula is C18H14ClF3N2O5S.